The summed E-state index contributed by atoms with van der Waals surface area (Å²) in [6.45, 7) is 6.87. The Hall–Kier alpha value is -2.08. The number of rotatable bonds is 0. The Bertz CT molecular complexity index is 907. The maximum Gasteiger partial charge on any atom is -0.00238 e. The maximum atomic E-state index is 2.30. The van der Waals surface area contributed by atoms with Crippen molar-refractivity contribution < 1.29 is 0 Å². The first kappa shape index (κ1) is 11.7. The van der Waals surface area contributed by atoms with Crippen molar-refractivity contribution in [1.82, 2.24) is 0 Å². The molecule has 0 atom stereocenters. The fourth-order valence-electron chi connectivity index (χ4n) is 3.39. The van der Waals surface area contributed by atoms with E-state index in [-0.39, 0.29) is 5.41 Å². The van der Waals surface area contributed by atoms with Gasteiger partial charge < -0.3 is 0 Å². The van der Waals surface area contributed by atoms with E-state index in [9.17, 15) is 0 Å². The summed E-state index contributed by atoms with van der Waals surface area (Å²) < 4.78 is 0. The van der Waals surface area contributed by atoms with Gasteiger partial charge in [0.2, 0.25) is 0 Å². The van der Waals surface area contributed by atoms with Gasteiger partial charge in [0.15, 0.2) is 0 Å². The van der Waals surface area contributed by atoms with Crippen LogP contribution in [0, 0.1) is 0 Å². The summed E-state index contributed by atoms with van der Waals surface area (Å²) in [5.41, 5.74) is 1.60. The molecule has 0 heterocycles. The number of benzene rings is 4. The minimum absolute atomic E-state index is 0.169. The zero-order valence-corrected chi connectivity index (χ0v) is 12.2. The van der Waals surface area contributed by atoms with Gasteiger partial charge in [-0.1, -0.05) is 75.4 Å². The molecule has 0 spiro atoms. The molecule has 0 unspecified atom stereocenters. The SMILES string of the molecule is CC(C)(C)c1ccc2ccc3cccc4ccc1c2c34. The molecule has 0 fully saturated rings. The average molecular weight is 258 g/mol. The smallest absolute Gasteiger partial charge is 0.00238 e. The molecule has 0 bridgehead atoms. The second-order valence-electron chi connectivity index (χ2n) is 6.72. The highest BCUT2D eigenvalue weighted by Gasteiger charge is 2.18. The molecule has 0 saturated heterocycles. The Kier molecular flexibility index (Phi) is 2.18. The van der Waals surface area contributed by atoms with E-state index in [1.807, 2.05) is 0 Å². The molecular weight excluding hydrogens is 240 g/mol. The van der Waals surface area contributed by atoms with Crippen molar-refractivity contribution in [3.63, 3.8) is 0 Å². The third-order valence-electron chi connectivity index (χ3n) is 4.34. The highest BCUT2D eigenvalue weighted by molar-refractivity contribution is 6.23. The molecule has 0 aromatic heterocycles. The van der Waals surface area contributed by atoms with Gasteiger partial charge in [-0.15, -0.1) is 0 Å². The van der Waals surface area contributed by atoms with Crippen LogP contribution in [0.1, 0.15) is 26.3 Å². The molecule has 0 heteroatoms. The third kappa shape index (κ3) is 1.48. The van der Waals surface area contributed by atoms with E-state index >= 15 is 0 Å². The first-order chi connectivity index (χ1) is 9.55. The van der Waals surface area contributed by atoms with Crippen LogP contribution < -0.4 is 0 Å². The van der Waals surface area contributed by atoms with E-state index in [1.54, 1.807) is 0 Å². The molecule has 0 aliphatic carbocycles. The van der Waals surface area contributed by atoms with Crippen molar-refractivity contribution in [2.24, 2.45) is 0 Å². The molecule has 4 rings (SSSR count). The van der Waals surface area contributed by atoms with E-state index in [0.717, 1.165) is 0 Å². The van der Waals surface area contributed by atoms with Crippen LogP contribution in [0.25, 0.3) is 32.3 Å². The van der Waals surface area contributed by atoms with E-state index in [2.05, 4.69) is 75.4 Å². The monoisotopic (exact) mass is 258 g/mol. The summed E-state index contributed by atoms with van der Waals surface area (Å²) >= 11 is 0. The van der Waals surface area contributed by atoms with E-state index in [0.29, 0.717) is 0 Å². The van der Waals surface area contributed by atoms with Crippen LogP contribution in [0.4, 0.5) is 0 Å². The van der Waals surface area contributed by atoms with Gasteiger partial charge in [-0.2, -0.15) is 0 Å². The Balaban J connectivity index is 2.32. The Morgan fingerprint density at radius 3 is 1.80 bits per heavy atom. The van der Waals surface area contributed by atoms with E-state index < -0.39 is 0 Å². The molecule has 98 valence electrons. The standard InChI is InChI=1S/C20H18/c1-20(2,3)17-12-10-15-8-7-13-5-4-6-14-9-11-16(17)19(15)18(13)14/h4-12H,1-3H3. The lowest BCUT2D eigenvalue weighted by molar-refractivity contribution is 0.596. The molecule has 4 aromatic carbocycles. The predicted molar refractivity (Wildman–Crippen MR) is 88.8 cm³/mol. The predicted octanol–water partition coefficient (Wildman–Crippen LogP) is 5.88. The van der Waals surface area contributed by atoms with Gasteiger partial charge in [-0.05, 0) is 43.3 Å². The van der Waals surface area contributed by atoms with Crippen molar-refractivity contribution in [2.75, 3.05) is 0 Å². The summed E-state index contributed by atoms with van der Waals surface area (Å²) in [5, 5.41) is 8.26. The van der Waals surface area contributed by atoms with Gasteiger partial charge in [-0.25, -0.2) is 0 Å². The fourth-order valence-corrected chi connectivity index (χ4v) is 3.39. The lowest BCUT2D eigenvalue weighted by atomic mass is 9.81. The quantitative estimate of drug-likeness (QED) is 0.345. The lowest BCUT2D eigenvalue weighted by Gasteiger charge is -2.23. The highest BCUT2D eigenvalue weighted by atomic mass is 14.2. The summed E-state index contributed by atoms with van der Waals surface area (Å²) in [6, 6.07) is 20.2. The Labute approximate surface area is 119 Å². The van der Waals surface area contributed by atoms with Crippen LogP contribution in [0.2, 0.25) is 0 Å². The molecule has 0 saturated carbocycles. The van der Waals surface area contributed by atoms with E-state index in [1.165, 1.54) is 37.9 Å². The van der Waals surface area contributed by atoms with Crippen LogP contribution in [0.3, 0.4) is 0 Å². The zero-order chi connectivity index (χ0) is 13.9. The van der Waals surface area contributed by atoms with Crippen molar-refractivity contribution in [2.45, 2.75) is 26.2 Å². The topological polar surface area (TPSA) is 0 Å². The average Bonchev–Trinajstić information content (AvgIpc) is 2.43. The van der Waals surface area contributed by atoms with Crippen molar-refractivity contribution in [3.05, 3.63) is 60.2 Å². The van der Waals surface area contributed by atoms with Gasteiger partial charge in [-0.3, -0.25) is 0 Å². The molecule has 4 aromatic rings. The van der Waals surface area contributed by atoms with Gasteiger partial charge >= 0.3 is 0 Å². The minimum atomic E-state index is 0.169. The van der Waals surface area contributed by atoms with Crippen molar-refractivity contribution in [3.8, 4) is 0 Å². The first-order valence-corrected chi connectivity index (χ1v) is 7.23. The van der Waals surface area contributed by atoms with Crippen molar-refractivity contribution >= 4 is 32.3 Å². The molecule has 0 nitrogen and oxygen atoms in total. The zero-order valence-electron chi connectivity index (χ0n) is 12.2. The largest absolute Gasteiger partial charge is 0.0610 e. The molecular formula is C20H18. The summed E-state index contributed by atoms with van der Waals surface area (Å²) in [5.74, 6) is 0. The fraction of sp³-hybridized carbons (Fsp3) is 0.200. The minimum Gasteiger partial charge on any atom is -0.0610 e. The Morgan fingerprint density at radius 2 is 1.15 bits per heavy atom. The second kappa shape index (κ2) is 3.73. The Morgan fingerprint density at radius 1 is 0.600 bits per heavy atom. The van der Waals surface area contributed by atoms with Crippen LogP contribution in [-0.2, 0) is 5.41 Å². The molecule has 0 amide bonds. The van der Waals surface area contributed by atoms with Crippen molar-refractivity contribution in [1.29, 1.82) is 0 Å². The maximum absolute atomic E-state index is 2.30. The van der Waals surface area contributed by atoms with Gasteiger partial charge in [0.1, 0.15) is 0 Å². The summed E-state index contributed by atoms with van der Waals surface area (Å²) in [4.78, 5) is 0. The normalized spacial score (nSPS) is 12.8. The molecule has 0 N–H and O–H groups in total. The summed E-state index contributed by atoms with van der Waals surface area (Å²) in [7, 11) is 0. The number of hydrogen-bond acceptors (Lipinski definition) is 0. The summed E-state index contributed by atoms with van der Waals surface area (Å²) in [6.07, 6.45) is 0. The van der Waals surface area contributed by atoms with Crippen LogP contribution >= 0.6 is 0 Å². The second-order valence-corrected chi connectivity index (χ2v) is 6.72. The molecule has 0 aliphatic rings. The van der Waals surface area contributed by atoms with Crippen LogP contribution in [-0.4, -0.2) is 0 Å². The highest BCUT2D eigenvalue weighted by Crippen LogP contribution is 2.39. The first-order valence-electron chi connectivity index (χ1n) is 7.23. The molecule has 0 radical (unpaired) electrons. The molecule has 0 aliphatic heterocycles. The third-order valence-corrected chi connectivity index (χ3v) is 4.34. The molecule has 20 heavy (non-hydrogen) atoms. The van der Waals surface area contributed by atoms with Crippen LogP contribution in [0.5, 0.6) is 0 Å². The van der Waals surface area contributed by atoms with Gasteiger partial charge in [0, 0.05) is 0 Å². The van der Waals surface area contributed by atoms with Gasteiger partial charge in [0.05, 0.1) is 0 Å². The van der Waals surface area contributed by atoms with E-state index in [4.69, 9.17) is 0 Å². The van der Waals surface area contributed by atoms with Crippen LogP contribution in [0.15, 0.2) is 54.6 Å². The lowest BCUT2D eigenvalue weighted by Crippen LogP contribution is -2.11. The van der Waals surface area contributed by atoms with Gasteiger partial charge in [0.25, 0.3) is 0 Å². The number of hydrogen-bond donors (Lipinski definition) is 0.